The van der Waals surface area contributed by atoms with Crippen LogP contribution in [0.5, 0.6) is 11.5 Å². The summed E-state index contributed by atoms with van der Waals surface area (Å²) in [5.41, 5.74) is 0.942. The summed E-state index contributed by atoms with van der Waals surface area (Å²) in [6.45, 7) is 4.19. The molecule has 122 valence electrons. The number of nitrogens with two attached hydrogens (primary N) is 1. The minimum Gasteiger partial charge on any atom is -0.454 e. The van der Waals surface area contributed by atoms with Crippen molar-refractivity contribution < 1.29 is 14.3 Å². The molecular weight excluding hydrogens is 318 g/mol. The molecule has 8 nitrogen and oxygen atoms in total. The predicted molar refractivity (Wildman–Crippen MR) is 84.6 cm³/mol. The smallest absolute Gasteiger partial charge is 0.233 e. The van der Waals surface area contributed by atoms with E-state index in [1.807, 2.05) is 18.2 Å². The molecule has 0 aliphatic carbocycles. The van der Waals surface area contributed by atoms with Crippen molar-refractivity contribution >= 4 is 17.7 Å². The Morgan fingerprint density at radius 2 is 2.22 bits per heavy atom. The number of nitrogen functional groups attached to an aromatic ring is 1. The van der Waals surface area contributed by atoms with E-state index in [0.29, 0.717) is 23.3 Å². The van der Waals surface area contributed by atoms with Crippen molar-refractivity contribution in [3.05, 3.63) is 29.6 Å². The standard InChI is InChI=1S/C14H17N5O3S/c1-8(23-14-18-17-9(2)19(14)15)13(20)16-6-10-3-4-11-12(5-10)22-7-21-11/h3-5,8H,6-7,15H2,1-2H3,(H,16,20)/t8-/m0/s1. The molecule has 0 radical (unpaired) electrons. The van der Waals surface area contributed by atoms with Gasteiger partial charge in [-0.15, -0.1) is 10.2 Å². The fraction of sp³-hybridized carbons (Fsp3) is 0.357. The topological polar surface area (TPSA) is 104 Å². The number of amides is 1. The van der Waals surface area contributed by atoms with E-state index < -0.39 is 0 Å². The first-order valence-electron chi connectivity index (χ1n) is 7.04. The second-order valence-corrected chi connectivity index (χ2v) is 6.37. The number of aryl methyl sites for hydroxylation is 1. The van der Waals surface area contributed by atoms with E-state index in [-0.39, 0.29) is 18.0 Å². The summed E-state index contributed by atoms with van der Waals surface area (Å²) in [7, 11) is 0. The van der Waals surface area contributed by atoms with Gasteiger partial charge in [0, 0.05) is 6.54 Å². The van der Waals surface area contributed by atoms with Gasteiger partial charge < -0.3 is 20.6 Å². The highest BCUT2D eigenvalue weighted by Gasteiger charge is 2.19. The number of ether oxygens (including phenoxy) is 2. The maximum atomic E-state index is 12.2. The fourth-order valence-electron chi connectivity index (χ4n) is 2.03. The largest absolute Gasteiger partial charge is 0.454 e. The first kappa shape index (κ1) is 15.5. The number of thioether (sulfide) groups is 1. The lowest BCUT2D eigenvalue weighted by Gasteiger charge is -2.11. The number of aromatic nitrogens is 3. The highest BCUT2D eigenvalue weighted by Crippen LogP contribution is 2.32. The van der Waals surface area contributed by atoms with Crippen molar-refractivity contribution in [1.29, 1.82) is 0 Å². The van der Waals surface area contributed by atoms with Gasteiger partial charge in [0.05, 0.1) is 5.25 Å². The van der Waals surface area contributed by atoms with Gasteiger partial charge in [-0.25, -0.2) is 4.68 Å². The van der Waals surface area contributed by atoms with Gasteiger partial charge in [-0.3, -0.25) is 4.79 Å². The molecule has 1 aromatic heterocycles. The van der Waals surface area contributed by atoms with Crippen LogP contribution in [-0.2, 0) is 11.3 Å². The van der Waals surface area contributed by atoms with Crippen LogP contribution in [0, 0.1) is 6.92 Å². The quantitative estimate of drug-likeness (QED) is 0.616. The summed E-state index contributed by atoms with van der Waals surface area (Å²) in [5.74, 6) is 7.70. The molecule has 0 bridgehead atoms. The third-order valence-corrected chi connectivity index (χ3v) is 4.45. The summed E-state index contributed by atoms with van der Waals surface area (Å²) in [4.78, 5) is 12.2. The Hall–Kier alpha value is -2.42. The summed E-state index contributed by atoms with van der Waals surface area (Å²) >= 11 is 1.26. The number of nitrogens with one attached hydrogen (secondary N) is 1. The van der Waals surface area contributed by atoms with Crippen molar-refractivity contribution in [2.45, 2.75) is 30.8 Å². The van der Waals surface area contributed by atoms with Crippen LogP contribution in [0.2, 0.25) is 0 Å². The molecule has 0 saturated heterocycles. The summed E-state index contributed by atoms with van der Waals surface area (Å²) < 4.78 is 11.9. The molecular formula is C14H17N5O3S. The number of hydrogen-bond donors (Lipinski definition) is 2. The lowest BCUT2D eigenvalue weighted by Crippen LogP contribution is -2.30. The van der Waals surface area contributed by atoms with Crippen LogP contribution < -0.4 is 20.6 Å². The van der Waals surface area contributed by atoms with Crippen LogP contribution in [0.4, 0.5) is 0 Å². The zero-order valence-corrected chi connectivity index (χ0v) is 13.6. The van der Waals surface area contributed by atoms with Gasteiger partial charge in [0.15, 0.2) is 11.5 Å². The number of rotatable bonds is 5. The molecule has 3 N–H and O–H groups in total. The average Bonchev–Trinajstić information content (AvgIpc) is 3.13. The molecule has 2 heterocycles. The van der Waals surface area contributed by atoms with E-state index in [9.17, 15) is 4.79 Å². The molecule has 9 heteroatoms. The molecule has 23 heavy (non-hydrogen) atoms. The molecule has 1 atom stereocenters. The molecule has 1 aliphatic heterocycles. The summed E-state index contributed by atoms with van der Waals surface area (Å²) in [5, 5.41) is 10.9. The number of fused-ring (bicyclic) bond motifs is 1. The van der Waals surface area contributed by atoms with Gasteiger partial charge in [-0.05, 0) is 31.5 Å². The minimum absolute atomic E-state index is 0.103. The van der Waals surface area contributed by atoms with Crippen LogP contribution in [0.15, 0.2) is 23.4 Å². The monoisotopic (exact) mass is 335 g/mol. The molecule has 1 amide bonds. The Kier molecular flexibility index (Phi) is 4.28. The molecule has 0 spiro atoms. The lowest BCUT2D eigenvalue weighted by molar-refractivity contribution is -0.120. The van der Waals surface area contributed by atoms with Crippen molar-refractivity contribution in [3.63, 3.8) is 0 Å². The Morgan fingerprint density at radius 3 is 2.96 bits per heavy atom. The summed E-state index contributed by atoms with van der Waals surface area (Å²) in [6, 6.07) is 5.59. The third kappa shape index (κ3) is 3.34. The third-order valence-electron chi connectivity index (χ3n) is 3.39. The minimum atomic E-state index is -0.338. The molecule has 2 aromatic rings. The van der Waals surface area contributed by atoms with E-state index >= 15 is 0 Å². The molecule has 1 aromatic carbocycles. The van der Waals surface area contributed by atoms with E-state index in [2.05, 4.69) is 15.5 Å². The molecule has 1 aliphatic rings. The zero-order chi connectivity index (χ0) is 16.4. The maximum absolute atomic E-state index is 12.2. The predicted octanol–water partition coefficient (Wildman–Crippen LogP) is 0.826. The van der Waals surface area contributed by atoms with Crippen LogP contribution in [0.1, 0.15) is 18.3 Å². The lowest BCUT2D eigenvalue weighted by atomic mass is 10.2. The Labute approximate surface area is 137 Å². The van der Waals surface area contributed by atoms with Crippen molar-refractivity contribution in [2.75, 3.05) is 12.6 Å². The van der Waals surface area contributed by atoms with Crippen LogP contribution in [0.3, 0.4) is 0 Å². The van der Waals surface area contributed by atoms with Crippen molar-refractivity contribution in [3.8, 4) is 11.5 Å². The van der Waals surface area contributed by atoms with E-state index in [1.54, 1.807) is 13.8 Å². The number of carbonyl (C=O) groups is 1. The first-order valence-corrected chi connectivity index (χ1v) is 7.92. The van der Waals surface area contributed by atoms with Crippen molar-refractivity contribution in [1.82, 2.24) is 20.2 Å². The van der Waals surface area contributed by atoms with Crippen LogP contribution in [0.25, 0.3) is 0 Å². The number of benzene rings is 1. The second-order valence-electron chi connectivity index (χ2n) is 5.07. The Bertz CT molecular complexity index is 733. The number of nitrogens with zero attached hydrogens (tertiary/aromatic N) is 3. The number of hydrogen-bond acceptors (Lipinski definition) is 7. The van der Waals surface area contributed by atoms with Crippen LogP contribution in [-0.4, -0.2) is 32.8 Å². The van der Waals surface area contributed by atoms with Gasteiger partial charge in [-0.1, -0.05) is 17.8 Å². The normalized spacial score (nSPS) is 13.8. The Morgan fingerprint density at radius 1 is 1.43 bits per heavy atom. The SMILES string of the molecule is Cc1nnc(S[C@@H](C)C(=O)NCc2ccc3c(c2)OCO3)n1N. The van der Waals surface area contributed by atoms with Gasteiger partial charge in [0.25, 0.3) is 0 Å². The van der Waals surface area contributed by atoms with E-state index in [1.165, 1.54) is 16.4 Å². The van der Waals surface area contributed by atoms with Gasteiger partial charge >= 0.3 is 0 Å². The highest BCUT2D eigenvalue weighted by molar-refractivity contribution is 8.00. The highest BCUT2D eigenvalue weighted by atomic mass is 32.2. The molecule has 0 saturated carbocycles. The Balaban J connectivity index is 1.55. The van der Waals surface area contributed by atoms with Crippen LogP contribution >= 0.6 is 11.8 Å². The van der Waals surface area contributed by atoms with Crippen molar-refractivity contribution in [2.24, 2.45) is 0 Å². The second kappa shape index (κ2) is 6.37. The number of carbonyl (C=O) groups excluding carboxylic acids is 1. The maximum Gasteiger partial charge on any atom is 0.233 e. The molecule has 3 rings (SSSR count). The van der Waals surface area contributed by atoms with E-state index in [4.69, 9.17) is 15.3 Å². The van der Waals surface area contributed by atoms with Gasteiger partial charge in [0.1, 0.15) is 5.82 Å². The first-order chi connectivity index (χ1) is 11.0. The molecule has 0 fully saturated rings. The van der Waals surface area contributed by atoms with Gasteiger partial charge in [0.2, 0.25) is 17.9 Å². The summed E-state index contributed by atoms with van der Waals surface area (Å²) in [6.07, 6.45) is 0. The van der Waals surface area contributed by atoms with E-state index in [0.717, 1.165) is 11.3 Å². The fourth-order valence-corrected chi connectivity index (χ4v) is 2.87. The average molecular weight is 335 g/mol. The zero-order valence-electron chi connectivity index (χ0n) is 12.8. The molecule has 0 unspecified atom stereocenters. The van der Waals surface area contributed by atoms with Gasteiger partial charge in [-0.2, -0.15) is 0 Å².